The predicted molar refractivity (Wildman–Crippen MR) is 53.4 cm³/mol. The zero-order valence-corrected chi connectivity index (χ0v) is 9.08. The minimum atomic E-state index is -1.01. The zero-order valence-electron chi connectivity index (χ0n) is 9.08. The molecule has 1 unspecified atom stereocenters. The minimum Gasteiger partial charge on any atom is -0.481 e. The molecule has 5 nitrogen and oxygen atoms in total. The fraction of sp³-hybridized carbons (Fsp3) is 0.800. The molecule has 0 aromatic heterocycles. The molecule has 0 spiro atoms. The summed E-state index contributed by atoms with van der Waals surface area (Å²) in [5, 5.41) is 11.6. The average Bonchev–Trinajstić information content (AvgIpc) is 2.54. The highest BCUT2D eigenvalue weighted by Gasteiger charge is 2.31. The van der Waals surface area contributed by atoms with Crippen LogP contribution in [-0.2, 0) is 14.3 Å². The summed E-state index contributed by atoms with van der Waals surface area (Å²) >= 11 is 0. The molecule has 0 aromatic carbocycles. The highest BCUT2D eigenvalue weighted by atomic mass is 16.5. The first-order valence-electron chi connectivity index (χ1n) is 5.02. The Morgan fingerprint density at radius 2 is 2.20 bits per heavy atom. The maximum absolute atomic E-state index is 11.5. The van der Waals surface area contributed by atoms with Crippen molar-refractivity contribution >= 4 is 11.9 Å². The van der Waals surface area contributed by atoms with Crippen LogP contribution in [0.1, 0.15) is 26.7 Å². The van der Waals surface area contributed by atoms with E-state index >= 15 is 0 Å². The number of hydrogen-bond donors (Lipinski definition) is 2. The third-order valence-corrected chi connectivity index (χ3v) is 2.48. The van der Waals surface area contributed by atoms with E-state index in [1.54, 1.807) is 13.8 Å². The van der Waals surface area contributed by atoms with Gasteiger partial charge in [-0.3, -0.25) is 9.59 Å². The SMILES string of the molecule is CC(C)(CC(=O)NC1CCOC1)C(=O)O. The van der Waals surface area contributed by atoms with E-state index < -0.39 is 11.4 Å². The van der Waals surface area contributed by atoms with Gasteiger partial charge in [-0.2, -0.15) is 0 Å². The highest BCUT2D eigenvalue weighted by molar-refractivity contribution is 5.84. The van der Waals surface area contributed by atoms with Gasteiger partial charge in [-0.15, -0.1) is 0 Å². The van der Waals surface area contributed by atoms with Crippen molar-refractivity contribution in [1.29, 1.82) is 0 Å². The van der Waals surface area contributed by atoms with Crippen LogP contribution in [0.15, 0.2) is 0 Å². The van der Waals surface area contributed by atoms with Gasteiger partial charge in [-0.05, 0) is 20.3 Å². The maximum atomic E-state index is 11.5. The van der Waals surface area contributed by atoms with Crippen LogP contribution in [-0.4, -0.2) is 36.2 Å². The molecular formula is C10H17NO4. The predicted octanol–water partition coefficient (Wildman–Crippen LogP) is 0.392. The Balaban J connectivity index is 2.38. The smallest absolute Gasteiger partial charge is 0.309 e. The molecule has 1 rings (SSSR count). The normalized spacial score (nSPS) is 21.3. The second-order valence-electron chi connectivity index (χ2n) is 4.49. The fourth-order valence-electron chi connectivity index (χ4n) is 1.40. The summed E-state index contributed by atoms with van der Waals surface area (Å²) in [6.45, 7) is 4.27. The van der Waals surface area contributed by atoms with E-state index in [4.69, 9.17) is 9.84 Å². The van der Waals surface area contributed by atoms with Gasteiger partial charge in [0.2, 0.25) is 5.91 Å². The van der Waals surface area contributed by atoms with Crippen molar-refractivity contribution in [3.05, 3.63) is 0 Å². The number of carboxylic acids is 1. The molecule has 1 aliphatic heterocycles. The summed E-state index contributed by atoms with van der Waals surface area (Å²) < 4.78 is 5.10. The van der Waals surface area contributed by atoms with E-state index in [0.717, 1.165) is 6.42 Å². The Morgan fingerprint density at radius 3 is 2.67 bits per heavy atom. The summed E-state index contributed by atoms with van der Waals surface area (Å²) in [6.07, 6.45) is 0.804. The molecule has 1 aliphatic rings. The van der Waals surface area contributed by atoms with E-state index in [-0.39, 0.29) is 18.4 Å². The van der Waals surface area contributed by atoms with Crippen LogP contribution in [0.4, 0.5) is 0 Å². The second kappa shape index (κ2) is 4.61. The number of aliphatic carboxylic acids is 1. The molecule has 86 valence electrons. The van der Waals surface area contributed by atoms with Gasteiger partial charge in [0.25, 0.3) is 0 Å². The molecule has 0 bridgehead atoms. The third-order valence-electron chi connectivity index (χ3n) is 2.48. The lowest BCUT2D eigenvalue weighted by atomic mass is 9.89. The number of rotatable bonds is 4. The summed E-state index contributed by atoms with van der Waals surface area (Å²) in [7, 11) is 0. The monoisotopic (exact) mass is 215 g/mol. The van der Waals surface area contributed by atoms with Gasteiger partial charge in [0.15, 0.2) is 0 Å². The molecule has 0 radical (unpaired) electrons. The fourth-order valence-corrected chi connectivity index (χ4v) is 1.40. The van der Waals surface area contributed by atoms with E-state index in [1.807, 2.05) is 0 Å². The van der Waals surface area contributed by atoms with E-state index in [9.17, 15) is 9.59 Å². The second-order valence-corrected chi connectivity index (χ2v) is 4.49. The molecule has 5 heteroatoms. The Bertz CT molecular complexity index is 256. The Morgan fingerprint density at radius 1 is 1.53 bits per heavy atom. The first-order chi connectivity index (χ1) is 6.92. The molecule has 1 saturated heterocycles. The number of ether oxygens (including phenoxy) is 1. The van der Waals surface area contributed by atoms with Crippen molar-refractivity contribution in [1.82, 2.24) is 5.32 Å². The molecule has 1 heterocycles. The zero-order chi connectivity index (χ0) is 11.5. The lowest BCUT2D eigenvalue weighted by Gasteiger charge is -2.19. The van der Waals surface area contributed by atoms with Crippen LogP contribution in [0.25, 0.3) is 0 Å². The topological polar surface area (TPSA) is 75.6 Å². The van der Waals surface area contributed by atoms with E-state index in [0.29, 0.717) is 13.2 Å². The molecule has 1 fully saturated rings. The van der Waals surface area contributed by atoms with Gasteiger partial charge in [0.05, 0.1) is 18.1 Å². The number of nitrogens with one attached hydrogen (secondary N) is 1. The van der Waals surface area contributed by atoms with Gasteiger partial charge < -0.3 is 15.2 Å². The lowest BCUT2D eigenvalue weighted by Crippen LogP contribution is -2.39. The van der Waals surface area contributed by atoms with Crippen molar-refractivity contribution in [2.45, 2.75) is 32.7 Å². The first kappa shape index (κ1) is 12.0. The van der Waals surface area contributed by atoms with Crippen LogP contribution in [0.3, 0.4) is 0 Å². The molecule has 1 amide bonds. The van der Waals surface area contributed by atoms with Crippen molar-refractivity contribution in [3.8, 4) is 0 Å². The third kappa shape index (κ3) is 3.51. The van der Waals surface area contributed by atoms with Crippen LogP contribution >= 0.6 is 0 Å². The largest absolute Gasteiger partial charge is 0.481 e. The molecule has 15 heavy (non-hydrogen) atoms. The summed E-state index contributed by atoms with van der Waals surface area (Å²) in [4.78, 5) is 22.3. The van der Waals surface area contributed by atoms with E-state index in [1.165, 1.54) is 0 Å². The highest BCUT2D eigenvalue weighted by Crippen LogP contribution is 2.20. The van der Waals surface area contributed by atoms with Gasteiger partial charge in [0, 0.05) is 13.0 Å². The van der Waals surface area contributed by atoms with Gasteiger partial charge >= 0.3 is 5.97 Å². The van der Waals surface area contributed by atoms with Gasteiger partial charge in [0.1, 0.15) is 0 Å². The quantitative estimate of drug-likeness (QED) is 0.711. The summed E-state index contributed by atoms with van der Waals surface area (Å²) in [5.41, 5.74) is -1.01. The molecule has 0 saturated carbocycles. The summed E-state index contributed by atoms with van der Waals surface area (Å²) in [6, 6.07) is 0.0436. The minimum absolute atomic E-state index is 0.00116. The first-order valence-corrected chi connectivity index (χ1v) is 5.02. The molecule has 2 N–H and O–H groups in total. The van der Waals surface area contributed by atoms with E-state index in [2.05, 4.69) is 5.32 Å². The lowest BCUT2D eigenvalue weighted by molar-refractivity contribution is -0.149. The van der Waals surface area contributed by atoms with Crippen LogP contribution < -0.4 is 5.32 Å². The van der Waals surface area contributed by atoms with Crippen molar-refractivity contribution in [2.75, 3.05) is 13.2 Å². The standard InChI is InChI=1S/C10H17NO4/c1-10(2,9(13)14)5-8(12)11-7-3-4-15-6-7/h7H,3-6H2,1-2H3,(H,11,12)(H,13,14). The average molecular weight is 215 g/mol. The molecule has 0 aromatic rings. The Kier molecular flexibility index (Phi) is 3.68. The number of carboxylic acid groups (broad SMARTS) is 1. The van der Waals surface area contributed by atoms with Crippen molar-refractivity contribution < 1.29 is 19.4 Å². The number of carbonyl (C=O) groups excluding carboxylic acids is 1. The maximum Gasteiger partial charge on any atom is 0.309 e. The Hall–Kier alpha value is -1.10. The summed E-state index contributed by atoms with van der Waals surface area (Å²) in [5.74, 6) is -1.18. The molecule has 1 atom stereocenters. The van der Waals surface area contributed by atoms with Crippen LogP contribution in [0.5, 0.6) is 0 Å². The van der Waals surface area contributed by atoms with Gasteiger partial charge in [-0.1, -0.05) is 0 Å². The van der Waals surface area contributed by atoms with Crippen molar-refractivity contribution in [2.24, 2.45) is 5.41 Å². The van der Waals surface area contributed by atoms with Crippen LogP contribution in [0, 0.1) is 5.41 Å². The van der Waals surface area contributed by atoms with Crippen molar-refractivity contribution in [3.63, 3.8) is 0 Å². The number of hydrogen-bond acceptors (Lipinski definition) is 3. The van der Waals surface area contributed by atoms with Crippen LogP contribution in [0.2, 0.25) is 0 Å². The number of amides is 1. The Labute approximate surface area is 88.8 Å². The van der Waals surface area contributed by atoms with Gasteiger partial charge in [-0.25, -0.2) is 0 Å². The molecular weight excluding hydrogens is 198 g/mol. The molecule has 0 aliphatic carbocycles. The number of carbonyl (C=O) groups is 2.